The third-order valence-electron chi connectivity index (χ3n) is 9.09. The standard InChI is InChI=1S/C34H38F2N6O7/c1-3-47-32(46)34-18-20(34)11-7-5-4-6-8-14-25(38-28(43)24-15-16-48-41-24)31(45)42-19-21(17-26(42)29(44)40-34)49-30-27(33(2,35)36)37-22-12-9-10-13-23(22)39-30/h7,9-13,15-16,20-21,25-26H,3-6,8,14,17-19H2,1-2H3,(H,38,43)(H,40,44)/b11-7-/t20-,21-,25+,26+,34-/m1/s1. The second-order valence-corrected chi connectivity index (χ2v) is 12.7. The SMILES string of the molecule is CCOC(=O)[C@@]12C[C@H]1/C=C\CCCCC[C@H](NC(=O)c1ccon1)C(=O)N1C[C@H](Oc3nc4ccccc4nc3C(C)(F)F)C[C@H]1C(=O)N2. The lowest BCUT2D eigenvalue weighted by Gasteiger charge is -2.29. The van der Waals surface area contributed by atoms with Crippen LogP contribution in [0.15, 0.2) is 53.3 Å². The summed E-state index contributed by atoms with van der Waals surface area (Å²) in [5, 5.41) is 9.25. The Labute approximate surface area is 280 Å². The summed E-state index contributed by atoms with van der Waals surface area (Å²) in [4.78, 5) is 64.3. The number of nitrogens with zero attached hydrogens (tertiary/aromatic N) is 4. The Hall–Kier alpha value is -4.95. The van der Waals surface area contributed by atoms with Crippen LogP contribution in [0, 0.1) is 5.92 Å². The molecule has 3 amide bonds. The Balaban J connectivity index is 1.33. The van der Waals surface area contributed by atoms with Crippen molar-refractivity contribution < 1.29 is 42.0 Å². The average molecular weight is 681 g/mol. The number of hydrogen-bond acceptors (Lipinski definition) is 10. The van der Waals surface area contributed by atoms with Crippen molar-refractivity contribution in [3.05, 3.63) is 60.1 Å². The first-order valence-corrected chi connectivity index (χ1v) is 16.5. The predicted molar refractivity (Wildman–Crippen MR) is 169 cm³/mol. The molecule has 1 saturated heterocycles. The van der Waals surface area contributed by atoms with Gasteiger partial charge in [-0.2, -0.15) is 8.78 Å². The number of rotatable bonds is 7. The number of para-hydroxylation sites is 2. The molecule has 15 heteroatoms. The highest BCUT2D eigenvalue weighted by Crippen LogP contribution is 2.46. The van der Waals surface area contributed by atoms with Gasteiger partial charge in [0.25, 0.3) is 11.8 Å². The molecule has 1 saturated carbocycles. The topological polar surface area (TPSA) is 166 Å². The number of ether oxygens (including phenoxy) is 2. The van der Waals surface area contributed by atoms with Gasteiger partial charge in [0.15, 0.2) is 11.4 Å². The van der Waals surface area contributed by atoms with Gasteiger partial charge in [0.1, 0.15) is 30.0 Å². The van der Waals surface area contributed by atoms with Crippen LogP contribution in [-0.4, -0.2) is 80.6 Å². The lowest BCUT2D eigenvalue weighted by Crippen LogP contribution is -2.56. The van der Waals surface area contributed by atoms with Crippen LogP contribution in [0.2, 0.25) is 0 Å². The van der Waals surface area contributed by atoms with Gasteiger partial charge in [-0.15, -0.1) is 0 Å². The second kappa shape index (κ2) is 13.9. The molecule has 3 aromatic rings. The molecule has 49 heavy (non-hydrogen) atoms. The zero-order valence-corrected chi connectivity index (χ0v) is 27.2. The van der Waals surface area contributed by atoms with E-state index in [1.807, 2.05) is 12.2 Å². The van der Waals surface area contributed by atoms with Crippen LogP contribution in [0.3, 0.4) is 0 Å². The molecule has 2 aliphatic heterocycles. The zero-order chi connectivity index (χ0) is 34.8. The number of aromatic nitrogens is 3. The van der Waals surface area contributed by atoms with E-state index in [2.05, 4.69) is 25.8 Å². The molecule has 5 atom stereocenters. The number of carbonyl (C=O) groups excluding carboxylic acids is 4. The lowest BCUT2D eigenvalue weighted by molar-refractivity contribution is -0.150. The number of hydrogen-bond donors (Lipinski definition) is 2. The highest BCUT2D eigenvalue weighted by molar-refractivity contribution is 5.98. The van der Waals surface area contributed by atoms with E-state index < -0.39 is 64.9 Å². The van der Waals surface area contributed by atoms with E-state index in [0.29, 0.717) is 25.3 Å². The normalized spacial score (nSPS) is 26.8. The maximum Gasteiger partial charge on any atom is 0.332 e. The van der Waals surface area contributed by atoms with Gasteiger partial charge in [-0.05, 0) is 44.7 Å². The minimum absolute atomic E-state index is 0.0233. The number of fused-ring (bicyclic) bond motifs is 3. The quantitative estimate of drug-likeness (QED) is 0.277. The van der Waals surface area contributed by atoms with Crippen LogP contribution in [0.25, 0.3) is 11.0 Å². The van der Waals surface area contributed by atoms with E-state index in [-0.39, 0.29) is 43.1 Å². The number of halogens is 2. The van der Waals surface area contributed by atoms with Crippen LogP contribution in [0.1, 0.15) is 75.0 Å². The Morgan fingerprint density at radius 1 is 1.14 bits per heavy atom. The Morgan fingerprint density at radius 3 is 2.63 bits per heavy atom. The number of esters is 1. The number of carbonyl (C=O) groups is 4. The smallest absolute Gasteiger partial charge is 0.332 e. The van der Waals surface area contributed by atoms with E-state index in [4.69, 9.17) is 14.0 Å². The molecule has 0 spiro atoms. The molecule has 2 aromatic heterocycles. The zero-order valence-electron chi connectivity index (χ0n) is 27.2. The third kappa shape index (κ3) is 7.25. The average Bonchev–Trinajstić information content (AvgIpc) is 3.38. The molecule has 260 valence electrons. The summed E-state index contributed by atoms with van der Waals surface area (Å²) >= 11 is 0. The van der Waals surface area contributed by atoms with Gasteiger partial charge in [-0.25, -0.2) is 14.8 Å². The van der Waals surface area contributed by atoms with Gasteiger partial charge in [-0.3, -0.25) is 14.4 Å². The van der Waals surface area contributed by atoms with Crippen molar-refractivity contribution in [1.29, 1.82) is 0 Å². The van der Waals surface area contributed by atoms with Crippen LogP contribution in [-0.2, 0) is 25.0 Å². The molecular formula is C34H38F2N6O7. The summed E-state index contributed by atoms with van der Waals surface area (Å²) in [6.07, 6.45) is 7.52. The number of amides is 3. The van der Waals surface area contributed by atoms with Crippen molar-refractivity contribution in [3.8, 4) is 5.88 Å². The minimum Gasteiger partial charge on any atom is -0.471 e. The molecule has 4 heterocycles. The Bertz CT molecular complexity index is 1750. The van der Waals surface area contributed by atoms with E-state index in [9.17, 15) is 28.0 Å². The molecule has 2 N–H and O–H groups in total. The third-order valence-corrected chi connectivity index (χ3v) is 9.09. The number of allylic oxidation sites excluding steroid dienone is 1. The fourth-order valence-corrected chi connectivity index (χ4v) is 6.46. The van der Waals surface area contributed by atoms with Crippen LogP contribution in [0.4, 0.5) is 8.78 Å². The number of benzene rings is 1. The van der Waals surface area contributed by atoms with Crippen LogP contribution in [0.5, 0.6) is 5.88 Å². The molecule has 3 aliphatic rings. The summed E-state index contributed by atoms with van der Waals surface area (Å²) in [5.74, 6) is -6.55. The largest absolute Gasteiger partial charge is 0.471 e. The summed E-state index contributed by atoms with van der Waals surface area (Å²) in [5.41, 5.74) is -1.43. The molecule has 13 nitrogen and oxygen atoms in total. The highest BCUT2D eigenvalue weighted by Gasteiger charge is 2.62. The van der Waals surface area contributed by atoms with E-state index in [1.165, 1.54) is 17.2 Å². The number of nitrogens with one attached hydrogen (secondary N) is 2. The molecule has 6 rings (SSSR count). The minimum atomic E-state index is -3.42. The Kier molecular flexibility index (Phi) is 9.61. The van der Waals surface area contributed by atoms with Crippen molar-refractivity contribution in [2.45, 2.75) is 88.4 Å². The summed E-state index contributed by atoms with van der Waals surface area (Å²) in [6, 6.07) is 5.65. The fourth-order valence-electron chi connectivity index (χ4n) is 6.46. The maximum atomic E-state index is 14.8. The van der Waals surface area contributed by atoms with E-state index >= 15 is 0 Å². The summed E-state index contributed by atoms with van der Waals surface area (Å²) < 4.78 is 45.8. The molecule has 0 radical (unpaired) electrons. The van der Waals surface area contributed by atoms with Gasteiger partial charge in [-0.1, -0.05) is 42.3 Å². The van der Waals surface area contributed by atoms with Gasteiger partial charge in [0.2, 0.25) is 17.7 Å². The first kappa shape index (κ1) is 33.9. The maximum absolute atomic E-state index is 14.8. The van der Waals surface area contributed by atoms with Crippen molar-refractivity contribution in [1.82, 2.24) is 30.7 Å². The van der Waals surface area contributed by atoms with Gasteiger partial charge >= 0.3 is 5.97 Å². The molecule has 1 aromatic carbocycles. The lowest BCUT2D eigenvalue weighted by atomic mass is 10.0. The summed E-state index contributed by atoms with van der Waals surface area (Å²) in [6.45, 7) is 2.28. The molecular weight excluding hydrogens is 642 g/mol. The molecule has 0 unspecified atom stereocenters. The molecule has 2 fully saturated rings. The predicted octanol–water partition coefficient (Wildman–Crippen LogP) is 3.83. The fraction of sp³-hybridized carbons (Fsp3) is 0.500. The highest BCUT2D eigenvalue weighted by atomic mass is 19.3. The Morgan fingerprint density at radius 2 is 1.92 bits per heavy atom. The van der Waals surface area contributed by atoms with Crippen LogP contribution >= 0.6 is 0 Å². The van der Waals surface area contributed by atoms with Gasteiger partial charge in [0.05, 0.1) is 24.2 Å². The van der Waals surface area contributed by atoms with E-state index in [0.717, 1.165) is 19.3 Å². The van der Waals surface area contributed by atoms with Crippen LogP contribution < -0.4 is 15.4 Å². The van der Waals surface area contributed by atoms with Crippen molar-refractivity contribution in [3.63, 3.8) is 0 Å². The monoisotopic (exact) mass is 680 g/mol. The second-order valence-electron chi connectivity index (χ2n) is 12.7. The molecule has 1 aliphatic carbocycles. The first-order valence-electron chi connectivity index (χ1n) is 16.5. The first-order chi connectivity index (χ1) is 23.5. The van der Waals surface area contributed by atoms with Crippen molar-refractivity contribution in [2.24, 2.45) is 5.92 Å². The van der Waals surface area contributed by atoms with Gasteiger partial charge in [0, 0.05) is 25.3 Å². The van der Waals surface area contributed by atoms with E-state index in [1.54, 1.807) is 31.2 Å². The van der Waals surface area contributed by atoms with Crippen molar-refractivity contribution in [2.75, 3.05) is 13.2 Å². The van der Waals surface area contributed by atoms with Crippen molar-refractivity contribution >= 4 is 34.7 Å². The van der Waals surface area contributed by atoms with Gasteiger partial charge < -0.3 is 29.5 Å². The summed E-state index contributed by atoms with van der Waals surface area (Å²) in [7, 11) is 0. The number of alkyl halides is 2. The molecule has 0 bridgehead atoms.